The molecule has 2 N–H and O–H groups in total. The third kappa shape index (κ3) is 4.09. The van der Waals surface area contributed by atoms with Crippen molar-refractivity contribution in [2.24, 2.45) is 11.7 Å². The maximum atomic E-state index is 6.23. The van der Waals surface area contributed by atoms with Crippen LogP contribution in [0.2, 0.25) is 0 Å². The van der Waals surface area contributed by atoms with E-state index in [1.54, 1.807) is 0 Å². The van der Waals surface area contributed by atoms with Crippen LogP contribution < -0.4 is 5.73 Å². The Kier molecular flexibility index (Phi) is 5.17. The Morgan fingerprint density at radius 1 is 1.39 bits per heavy atom. The lowest BCUT2D eigenvalue weighted by Crippen LogP contribution is -2.35. The molecule has 0 bridgehead atoms. The zero-order chi connectivity index (χ0) is 12.8. The molecule has 0 aromatic heterocycles. The average molecular weight is 248 g/mol. The SMILES string of the molecule is CN(CC1CCCOC1)C[C@@H](N)c1ccccc1. The lowest BCUT2D eigenvalue weighted by atomic mass is 10.0. The molecule has 1 aromatic carbocycles. The quantitative estimate of drug-likeness (QED) is 0.866. The molecule has 0 saturated carbocycles. The predicted molar refractivity (Wildman–Crippen MR) is 74.4 cm³/mol. The van der Waals surface area contributed by atoms with Crippen LogP contribution in [-0.2, 0) is 4.74 Å². The van der Waals surface area contributed by atoms with Gasteiger partial charge in [0.15, 0.2) is 0 Å². The van der Waals surface area contributed by atoms with Gasteiger partial charge >= 0.3 is 0 Å². The Morgan fingerprint density at radius 3 is 2.83 bits per heavy atom. The number of nitrogens with zero attached hydrogens (tertiary/aromatic N) is 1. The third-order valence-electron chi connectivity index (χ3n) is 3.56. The van der Waals surface area contributed by atoms with Crippen molar-refractivity contribution in [3.63, 3.8) is 0 Å². The molecule has 100 valence electrons. The van der Waals surface area contributed by atoms with Gasteiger partial charge in [0.05, 0.1) is 6.61 Å². The van der Waals surface area contributed by atoms with Crippen LogP contribution >= 0.6 is 0 Å². The molecule has 1 heterocycles. The van der Waals surface area contributed by atoms with E-state index in [1.807, 2.05) is 18.2 Å². The van der Waals surface area contributed by atoms with Gasteiger partial charge in [-0.3, -0.25) is 0 Å². The highest BCUT2D eigenvalue weighted by Gasteiger charge is 2.17. The first-order valence-corrected chi connectivity index (χ1v) is 6.82. The van der Waals surface area contributed by atoms with Crippen LogP contribution in [0.3, 0.4) is 0 Å². The monoisotopic (exact) mass is 248 g/mol. The van der Waals surface area contributed by atoms with Crippen LogP contribution in [0.15, 0.2) is 30.3 Å². The van der Waals surface area contributed by atoms with E-state index in [4.69, 9.17) is 10.5 Å². The number of hydrogen-bond acceptors (Lipinski definition) is 3. The molecule has 1 fully saturated rings. The van der Waals surface area contributed by atoms with E-state index in [0.717, 1.165) is 26.3 Å². The van der Waals surface area contributed by atoms with Gasteiger partial charge in [-0.1, -0.05) is 30.3 Å². The van der Waals surface area contributed by atoms with Gasteiger partial charge in [0.2, 0.25) is 0 Å². The fraction of sp³-hybridized carbons (Fsp3) is 0.600. The van der Waals surface area contributed by atoms with Crippen molar-refractivity contribution in [1.82, 2.24) is 4.90 Å². The molecule has 1 aliphatic rings. The first-order chi connectivity index (χ1) is 8.75. The van der Waals surface area contributed by atoms with Gasteiger partial charge in [-0.25, -0.2) is 0 Å². The van der Waals surface area contributed by atoms with Crippen molar-refractivity contribution in [2.75, 3.05) is 33.4 Å². The summed E-state index contributed by atoms with van der Waals surface area (Å²) in [5.41, 5.74) is 7.44. The zero-order valence-corrected chi connectivity index (χ0v) is 11.2. The van der Waals surface area contributed by atoms with Crippen LogP contribution in [-0.4, -0.2) is 38.3 Å². The second-order valence-corrected chi connectivity index (χ2v) is 5.32. The molecular weight excluding hydrogens is 224 g/mol. The summed E-state index contributed by atoms with van der Waals surface area (Å²) < 4.78 is 5.51. The molecule has 0 radical (unpaired) electrons. The van der Waals surface area contributed by atoms with E-state index in [2.05, 4.69) is 24.1 Å². The van der Waals surface area contributed by atoms with Gasteiger partial charge < -0.3 is 15.4 Å². The molecular formula is C15H24N2O. The molecule has 0 aliphatic carbocycles. The Morgan fingerprint density at radius 2 is 2.17 bits per heavy atom. The first kappa shape index (κ1) is 13.5. The lowest BCUT2D eigenvalue weighted by Gasteiger charge is -2.28. The number of benzene rings is 1. The van der Waals surface area contributed by atoms with Crippen molar-refractivity contribution in [3.05, 3.63) is 35.9 Å². The van der Waals surface area contributed by atoms with E-state index in [1.165, 1.54) is 18.4 Å². The number of ether oxygens (including phenoxy) is 1. The van der Waals surface area contributed by atoms with E-state index in [0.29, 0.717) is 5.92 Å². The summed E-state index contributed by atoms with van der Waals surface area (Å²) >= 11 is 0. The third-order valence-corrected chi connectivity index (χ3v) is 3.56. The Bertz CT molecular complexity index is 336. The van der Waals surface area contributed by atoms with Crippen molar-refractivity contribution < 1.29 is 4.74 Å². The summed E-state index contributed by atoms with van der Waals surface area (Å²) in [6, 6.07) is 10.4. The molecule has 3 nitrogen and oxygen atoms in total. The van der Waals surface area contributed by atoms with Gasteiger partial charge in [-0.05, 0) is 31.4 Å². The minimum absolute atomic E-state index is 0.0979. The Hall–Kier alpha value is -0.900. The van der Waals surface area contributed by atoms with Crippen molar-refractivity contribution in [3.8, 4) is 0 Å². The molecule has 1 unspecified atom stereocenters. The summed E-state index contributed by atoms with van der Waals surface area (Å²) in [7, 11) is 2.15. The van der Waals surface area contributed by atoms with Gasteiger partial charge in [0.25, 0.3) is 0 Å². The van der Waals surface area contributed by atoms with Crippen molar-refractivity contribution in [2.45, 2.75) is 18.9 Å². The summed E-state index contributed by atoms with van der Waals surface area (Å²) in [5, 5.41) is 0. The van der Waals surface area contributed by atoms with Gasteiger partial charge in [-0.2, -0.15) is 0 Å². The Labute approximate surface area is 110 Å². The number of hydrogen-bond donors (Lipinski definition) is 1. The summed E-state index contributed by atoms with van der Waals surface area (Å²) in [6.07, 6.45) is 2.48. The molecule has 1 aliphatic heterocycles. The Balaban J connectivity index is 1.78. The standard InChI is InChI=1S/C15H24N2O/c1-17(10-13-6-5-9-18-12-13)11-15(16)14-7-3-2-4-8-14/h2-4,7-8,13,15H,5-6,9-12,16H2,1H3/t13?,15-/m1/s1. The van der Waals surface area contributed by atoms with Crippen LogP contribution in [0.5, 0.6) is 0 Å². The second kappa shape index (κ2) is 6.88. The van der Waals surface area contributed by atoms with Crippen LogP contribution in [0.4, 0.5) is 0 Å². The highest BCUT2D eigenvalue weighted by atomic mass is 16.5. The van der Waals surface area contributed by atoms with E-state index < -0.39 is 0 Å². The number of likely N-dealkylation sites (N-methyl/N-ethyl adjacent to an activating group) is 1. The summed E-state index contributed by atoms with van der Waals surface area (Å²) in [6.45, 7) is 3.83. The molecule has 2 atom stereocenters. The van der Waals surface area contributed by atoms with Crippen LogP contribution in [0, 0.1) is 5.92 Å². The van der Waals surface area contributed by atoms with E-state index >= 15 is 0 Å². The molecule has 0 spiro atoms. The molecule has 18 heavy (non-hydrogen) atoms. The number of nitrogens with two attached hydrogens (primary N) is 1. The van der Waals surface area contributed by atoms with Crippen LogP contribution in [0.1, 0.15) is 24.4 Å². The smallest absolute Gasteiger partial charge is 0.0506 e. The fourth-order valence-corrected chi connectivity index (χ4v) is 2.61. The van der Waals surface area contributed by atoms with Gasteiger partial charge in [0, 0.05) is 25.7 Å². The molecule has 1 aromatic rings. The highest BCUT2D eigenvalue weighted by molar-refractivity contribution is 5.18. The molecule has 2 rings (SSSR count). The minimum atomic E-state index is 0.0979. The number of rotatable bonds is 5. The predicted octanol–water partition coefficient (Wildman–Crippen LogP) is 2.04. The average Bonchev–Trinajstić information content (AvgIpc) is 2.40. The molecule has 0 amide bonds. The van der Waals surface area contributed by atoms with E-state index in [9.17, 15) is 0 Å². The van der Waals surface area contributed by atoms with Crippen molar-refractivity contribution in [1.29, 1.82) is 0 Å². The normalized spacial score (nSPS) is 22.1. The lowest BCUT2D eigenvalue weighted by molar-refractivity contribution is 0.0414. The topological polar surface area (TPSA) is 38.5 Å². The van der Waals surface area contributed by atoms with E-state index in [-0.39, 0.29) is 6.04 Å². The molecule has 1 saturated heterocycles. The summed E-state index contributed by atoms with van der Waals surface area (Å²) in [5.74, 6) is 0.673. The molecule has 3 heteroatoms. The first-order valence-electron chi connectivity index (χ1n) is 6.82. The largest absolute Gasteiger partial charge is 0.381 e. The zero-order valence-electron chi connectivity index (χ0n) is 11.2. The fourth-order valence-electron chi connectivity index (χ4n) is 2.61. The second-order valence-electron chi connectivity index (χ2n) is 5.32. The maximum Gasteiger partial charge on any atom is 0.0506 e. The van der Waals surface area contributed by atoms with Crippen LogP contribution in [0.25, 0.3) is 0 Å². The van der Waals surface area contributed by atoms with Gasteiger partial charge in [-0.15, -0.1) is 0 Å². The van der Waals surface area contributed by atoms with Gasteiger partial charge in [0.1, 0.15) is 0 Å². The van der Waals surface area contributed by atoms with Crippen molar-refractivity contribution >= 4 is 0 Å². The maximum absolute atomic E-state index is 6.23. The summed E-state index contributed by atoms with van der Waals surface area (Å²) in [4.78, 5) is 2.33. The highest BCUT2D eigenvalue weighted by Crippen LogP contribution is 2.16. The minimum Gasteiger partial charge on any atom is -0.381 e.